The third kappa shape index (κ3) is 4.99. The third-order valence-electron chi connectivity index (χ3n) is 6.14. The number of alkyl halides is 3. The lowest BCUT2D eigenvalue weighted by atomic mass is 9.99. The number of nitrogens with one attached hydrogen (secondary N) is 1. The van der Waals surface area contributed by atoms with Gasteiger partial charge in [-0.05, 0) is 60.2 Å². The maximum atomic E-state index is 13.2. The highest BCUT2D eigenvalue weighted by Gasteiger charge is 2.34. The number of rotatable bonds is 4. The summed E-state index contributed by atoms with van der Waals surface area (Å²) in [6.45, 7) is 5.35. The van der Waals surface area contributed by atoms with E-state index in [4.69, 9.17) is 11.6 Å². The highest BCUT2D eigenvalue weighted by molar-refractivity contribution is 6.31. The lowest BCUT2D eigenvalue weighted by molar-refractivity contribution is -0.137. The fourth-order valence-corrected chi connectivity index (χ4v) is 4.81. The zero-order valence-corrected chi connectivity index (χ0v) is 18.1. The summed E-state index contributed by atoms with van der Waals surface area (Å²) < 4.78 is 39.5. The van der Waals surface area contributed by atoms with Crippen molar-refractivity contribution in [2.24, 2.45) is 0 Å². The molecule has 1 saturated heterocycles. The van der Waals surface area contributed by atoms with Crippen LogP contribution in [-0.2, 0) is 17.4 Å². The molecule has 2 aromatic rings. The molecule has 2 aromatic carbocycles. The van der Waals surface area contributed by atoms with Gasteiger partial charge in [0, 0.05) is 51.0 Å². The normalized spacial score (nSPS) is 19.4. The van der Waals surface area contributed by atoms with E-state index in [0.29, 0.717) is 24.7 Å². The quantitative estimate of drug-likeness (QED) is 0.696. The number of piperazine rings is 1. The van der Waals surface area contributed by atoms with Gasteiger partial charge < -0.3 is 10.2 Å². The molecule has 1 unspecified atom stereocenters. The summed E-state index contributed by atoms with van der Waals surface area (Å²) in [4.78, 5) is 15.7. The molecule has 8 heteroatoms. The largest absolute Gasteiger partial charge is 0.417 e. The summed E-state index contributed by atoms with van der Waals surface area (Å²) in [5.74, 6) is 0.323. The van der Waals surface area contributed by atoms with Crippen molar-refractivity contribution in [3.05, 3.63) is 58.1 Å². The summed E-state index contributed by atoms with van der Waals surface area (Å²) in [6, 6.07) is 10.3. The van der Waals surface area contributed by atoms with E-state index in [9.17, 15) is 18.0 Å². The first kappa shape index (κ1) is 22.0. The fourth-order valence-electron chi connectivity index (χ4n) is 4.59. The molecule has 1 aliphatic carbocycles. The molecule has 0 spiro atoms. The maximum Gasteiger partial charge on any atom is 0.417 e. The summed E-state index contributed by atoms with van der Waals surface area (Å²) in [5.41, 5.74) is 3.22. The van der Waals surface area contributed by atoms with Crippen molar-refractivity contribution in [2.45, 2.75) is 31.9 Å². The zero-order chi connectivity index (χ0) is 22.2. The fraction of sp³-hybridized carbons (Fsp3) is 0.435. The first-order chi connectivity index (χ1) is 14.7. The molecule has 1 atom stereocenters. The molecule has 4 rings (SSSR count). The van der Waals surface area contributed by atoms with E-state index >= 15 is 0 Å². The van der Waals surface area contributed by atoms with Gasteiger partial charge in [-0.1, -0.05) is 17.7 Å². The molecule has 1 aliphatic heterocycles. The molecule has 1 N–H and O–H groups in total. The number of hydrogen-bond acceptors (Lipinski definition) is 3. The minimum Gasteiger partial charge on any atom is -0.369 e. The van der Waals surface area contributed by atoms with E-state index in [1.807, 2.05) is 11.0 Å². The van der Waals surface area contributed by atoms with Gasteiger partial charge in [0.2, 0.25) is 5.91 Å². The average molecular weight is 452 g/mol. The van der Waals surface area contributed by atoms with E-state index < -0.39 is 11.7 Å². The van der Waals surface area contributed by atoms with Crippen molar-refractivity contribution in [3.8, 4) is 0 Å². The number of benzene rings is 2. The van der Waals surface area contributed by atoms with Crippen LogP contribution >= 0.6 is 11.6 Å². The second-order valence-corrected chi connectivity index (χ2v) is 8.69. The highest BCUT2D eigenvalue weighted by atomic mass is 35.5. The molecule has 2 aliphatic rings. The lowest BCUT2D eigenvalue weighted by Crippen LogP contribution is -2.47. The SMILES string of the molecule is CC(=O)Nc1ccc2c(c1)C(CN1CCN(c3ccc(Cl)c(C(F)(F)F)c3)CC1)CC2. The Morgan fingerprint density at radius 3 is 2.55 bits per heavy atom. The predicted octanol–water partition coefficient (Wildman–Crippen LogP) is 5.17. The monoisotopic (exact) mass is 451 g/mol. The van der Waals surface area contributed by atoms with E-state index in [0.717, 1.165) is 44.2 Å². The van der Waals surface area contributed by atoms with Crippen molar-refractivity contribution in [2.75, 3.05) is 42.9 Å². The Kier molecular flexibility index (Phi) is 6.17. The molecule has 0 radical (unpaired) electrons. The predicted molar refractivity (Wildman–Crippen MR) is 117 cm³/mol. The Bertz CT molecular complexity index is 971. The van der Waals surface area contributed by atoms with Gasteiger partial charge in [0.25, 0.3) is 0 Å². The van der Waals surface area contributed by atoms with Gasteiger partial charge in [-0.2, -0.15) is 13.2 Å². The van der Waals surface area contributed by atoms with Crippen LogP contribution in [0.25, 0.3) is 0 Å². The summed E-state index contributed by atoms with van der Waals surface area (Å²) in [5, 5.41) is 2.58. The second kappa shape index (κ2) is 8.71. The highest BCUT2D eigenvalue weighted by Crippen LogP contribution is 2.38. The zero-order valence-electron chi connectivity index (χ0n) is 17.3. The molecule has 1 amide bonds. The van der Waals surface area contributed by atoms with Gasteiger partial charge >= 0.3 is 6.18 Å². The van der Waals surface area contributed by atoms with Crippen LogP contribution in [0.1, 0.15) is 36.0 Å². The number of anilines is 2. The maximum absolute atomic E-state index is 13.2. The summed E-state index contributed by atoms with van der Waals surface area (Å²) >= 11 is 5.75. The number of aryl methyl sites for hydroxylation is 1. The van der Waals surface area contributed by atoms with Crippen LogP contribution < -0.4 is 10.2 Å². The van der Waals surface area contributed by atoms with Crippen LogP contribution in [0.2, 0.25) is 5.02 Å². The standard InChI is InChI=1S/C23H25ClF3N3O/c1-15(31)28-18-5-4-16-2-3-17(20(16)12-18)14-29-8-10-30(11-9-29)19-6-7-22(24)21(13-19)23(25,26)27/h4-7,12-13,17H,2-3,8-11,14H2,1H3,(H,28,31). The number of hydrogen-bond donors (Lipinski definition) is 1. The molecule has 0 saturated carbocycles. The molecular weight excluding hydrogens is 427 g/mol. The van der Waals surface area contributed by atoms with Crippen LogP contribution in [0, 0.1) is 0 Å². The van der Waals surface area contributed by atoms with E-state index in [1.165, 1.54) is 24.1 Å². The molecule has 31 heavy (non-hydrogen) atoms. The van der Waals surface area contributed by atoms with Crippen LogP contribution in [0.5, 0.6) is 0 Å². The minimum atomic E-state index is -4.46. The molecule has 0 aromatic heterocycles. The van der Waals surface area contributed by atoms with E-state index in [-0.39, 0.29) is 10.9 Å². The third-order valence-corrected chi connectivity index (χ3v) is 6.47. The number of fused-ring (bicyclic) bond motifs is 1. The number of nitrogens with zero attached hydrogens (tertiary/aromatic N) is 2. The molecule has 4 nitrogen and oxygen atoms in total. The smallest absolute Gasteiger partial charge is 0.369 e. The van der Waals surface area contributed by atoms with Gasteiger partial charge in [-0.15, -0.1) is 0 Å². The molecule has 1 heterocycles. The van der Waals surface area contributed by atoms with Crippen LogP contribution in [0.4, 0.5) is 24.5 Å². The van der Waals surface area contributed by atoms with Crippen molar-refractivity contribution in [1.29, 1.82) is 0 Å². The Morgan fingerprint density at radius 2 is 1.87 bits per heavy atom. The van der Waals surface area contributed by atoms with Crippen molar-refractivity contribution < 1.29 is 18.0 Å². The molecule has 166 valence electrons. The van der Waals surface area contributed by atoms with Crippen molar-refractivity contribution in [1.82, 2.24) is 4.90 Å². The molecule has 0 bridgehead atoms. The average Bonchev–Trinajstić information content (AvgIpc) is 3.10. The van der Waals surface area contributed by atoms with Crippen LogP contribution in [0.3, 0.4) is 0 Å². The molecular formula is C23H25ClF3N3O. The Hall–Kier alpha value is -2.25. The Balaban J connectivity index is 1.39. The van der Waals surface area contributed by atoms with Gasteiger partial charge in [-0.25, -0.2) is 0 Å². The van der Waals surface area contributed by atoms with Gasteiger partial charge in [0.1, 0.15) is 0 Å². The van der Waals surface area contributed by atoms with E-state index in [2.05, 4.69) is 22.3 Å². The van der Waals surface area contributed by atoms with Crippen LogP contribution in [0.15, 0.2) is 36.4 Å². The van der Waals surface area contributed by atoms with Crippen LogP contribution in [-0.4, -0.2) is 43.5 Å². The summed E-state index contributed by atoms with van der Waals surface area (Å²) in [6.07, 6.45) is -2.35. The first-order valence-corrected chi connectivity index (χ1v) is 10.8. The molecule has 1 fully saturated rings. The Labute approximate surface area is 185 Å². The lowest BCUT2D eigenvalue weighted by Gasteiger charge is -2.37. The summed E-state index contributed by atoms with van der Waals surface area (Å²) in [7, 11) is 0. The van der Waals surface area contributed by atoms with Gasteiger partial charge in [-0.3, -0.25) is 9.69 Å². The van der Waals surface area contributed by atoms with E-state index in [1.54, 1.807) is 6.07 Å². The van der Waals surface area contributed by atoms with Gasteiger partial charge in [0.15, 0.2) is 0 Å². The number of amides is 1. The number of carbonyl (C=O) groups excluding carboxylic acids is 1. The van der Waals surface area contributed by atoms with Crippen molar-refractivity contribution >= 4 is 28.9 Å². The topological polar surface area (TPSA) is 35.6 Å². The number of halogens is 4. The van der Waals surface area contributed by atoms with Gasteiger partial charge in [0.05, 0.1) is 10.6 Å². The minimum absolute atomic E-state index is 0.0819. The second-order valence-electron chi connectivity index (χ2n) is 8.28. The Morgan fingerprint density at radius 1 is 1.13 bits per heavy atom. The first-order valence-electron chi connectivity index (χ1n) is 10.4. The van der Waals surface area contributed by atoms with Crippen molar-refractivity contribution in [3.63, 3.8) is 0 Å². The number of carbonyl (C=O) groups is 1.